The van der Waals surface area contributed by atoms with E-state index >= 15 is 0 Å². The summed E-state index contributed by atoms with van der Waals surface area (Å²) in [6.07, 6.45) is 3.33. The molecule has 0 aliphatic carbocycles. The molecule has 4 nitrogen and oxygen atoms in total. The Bertz CT molecular complexity index is 378. The van der Waals surface area contributed by atoms with Gasteiger partial charge < -0.3 is 10.2 Å². The monoisotopic (exact) mass is 233 g/mol. The summed E-state index contributed by atoms with van der Waals surface area (Å²) in [6.45, 7) is 6.85. The zero-order valence-electron chi connectivity index (χ0n) is 10.4. The molecule has 0 spiro atoms. The maximum Gasteiger partial charge on any atom is 0.254 e. The van der Waals surface area contributed by atoms with Crippen LogP contribution in [0.2, 0.25) is 0 Å². The smallest absolute Gasteiger partial charge is 0.254 e. The number of hydrogen-bond acceptors (Lipinski definition) is 3. The van der Waals surface area contributed by atoms with E-state index in [-0.39, 0.29) is 11.9 Å². The number of amides is 1. The molecule has 1 N–H and O–H groups in total. The normalized spacial score (nSPS) is 20.6. The third-order valence-electron chi connectivity index (χ3n) is 3.24. The summed E-state index contributed by atoms with van der Waals surface area (Å²) >= 11 is 0. The second-order valence-corrected chi connectivity index (χ2v) is 4.75. The molecule has 1 aliphatic heterocycles. The van der Waals surface area contributed by atoms with Gasteiger partial charge in [-0.15, -0.1) is 0 Å². The third kappa shape index (κ3) is 2.64. The number of piperazine rings is 1. The highest BCUT2D eigenvalue weighted by Crippen LogP contribution is 2.16. The minimum Gasteiger partial charge on any atom is -0.333 e. The van der Waals surface area contributed by atoms with Gasteiger partial charge >= 0.3 is 0 Å². The van der Waals surface area contributed by atoms with E-state index in [2.05, 4.69) is 24.1 Å². The van der Waals surface area contributed by atoms with Crippen molar-refractivity contribution in [3.8, 4) is 0 Å². The lowest BCUT2D eigenvalue weighted by molar-refractivity contribution is 0.0573. The fraction of sp³-hybridized carbons (Fsp3) is 0.538. The molecular formula is C13H19N3O. The van der Waals surface area contributed by atoms with Gasteiger partial charge in [0.05, 0.1) is 0 Å². The zero-order chi connectivity index (χ0) is 12.3. The highest BCUT2D eigenvalue weighted by molar-refractivity contribution is 5.94. The first-order valence-electron chi connectivity index (χ1n) is 6.12. The summed E-state index contributed by atoms with van der Waals surface area (Å²) in [5.41, 5.74) is 0.729. The lowest BCUT2D eigenvalue weighted by Crippen LogP contribution is -2.55. The van der Waals surface area contributed by atoms with E-state index < -0.39 is 0 Å². The van der Waals surface area contributed by atoms with Crippen LogP contribution in [-0.2, 0) is 0 Å². The molecular weight excluding hydrogens is 214 g/mol. The van der Waals surface area contributed by atoms with E-state index in [0.717, 1.165) is 25.2 Å². The van der Waals surface area contributed by atoms with Crippen LogP contribution >= 0.6 is 0 Å². The van der Waals surface area contributed by atoms with Gasteiger partial charge in [0.2, 0.25) is 0 Å². The van der Waals surface area contributed by atoms with Crippen molar-refractivity contribution in [2.75, 3.05) is 19.6 Å². The largest absolute Gasteiger partial charge is 0.333 e. The number of carbonyl (C=O) groups is 1. The Morgan fingerprint density at radius 2 is 2.18 bits per heavy atom. The van der Waals surface area contributed by atoms with Gasteiger partial charge in [-0.1, -0.05) is 13.8 Å². The number of pyridine rings is 1. The van der Waals surface area contributed by atoms with Crippen molar-refractivity contribution in [2.45, 2.75) is 19.9 Å². The SMILES string of the molecule is CC(C)C1CNCCN1C(=O)c1ccncc1. The summed E-state index contributed by atoms with van der Waals surface area (Å²) in [7, 11) is 0. The lowest BCUT2D eigenvalue weighted by Gasteiger charge is -2.38. The van der Waals surface area contributed by atoms with Crippen LogP contribution in [0.5, 0.6) is 0 Å². The Balaban J connectivity index is 2.17. The summed E-state index contributed by atoms with van der Waals surface area (Å²) < 4.78 is 0. The molecule has 1 aliphatic rings. The molecule has 0 bridgehead atoms. The van der Waals surface area contributed by atoms with E-state index in [9.17, 15) is 4.79 Å². The standard InChI is InChI=1S/C13H19N3O/c1-10(2)12-9-15-7-8-16(12)13(17)11-3-5-14-6-4-11/h3-6,10,12,15H,7-9H2,1-2H3. The molecule has 0 aromatic carbocycles. The van der Waals surface area contributed by atoms with Crippen molar-refractivity contribution >= 4 is 5.91 Å². The number of hydrogen-bond donors (Lipinski definition) is 1. The van der Waals surface area contributed by atoms with Gasteiger partial charge in [-0.05, 0) is 18.1 Å². The van der Waals surface area contributed by atoms with Gasteiger partial charge in [0.25, 0.3) is 5.91 Å². The van der Waals surface area contributed by atoms with E-state index in [1.165, 1.54) is 0 Å². The van der Waals surface area contributed by atoms with Gasteiger partial charge in [0.15, 0.2) is 0 Å². The van der Waals surface area contributed by atoms with Crippen molar-refractivity contribution in [3.05, 3.63) is 30.1 Å². The first kappa shape index (κ1) is 12.0. The van der Waals surface area contributed by atoms with Gasteiger partial charge in [-0.2, -0.15) is 0 Å². The quantitative estimate of drug-likeness (QED) is 0.833. The summed E-state index contributed by atoms with van der Waals surface area (Å²) in [5.74, 6) is 0.584. The molecule has 1 atom stereocenters. The highest BCUT2D eigenvalue weighted by Gasteiger charge is 2.29. The Labute approximate surface area is 102 Å². The average Bonchev–Trinajstić information content (AvgIpc) is 2.39. The van der Waals surface area contributed by atoms with Gasteiger partial charge in [0, 0.05) is 43.6 Å². The van der Waals surface area contributed by atoms with Crippen molar-refractivity contribution in [1.29, 1.82) is 0 Å². The van der Waals surface area contributed by atoms with E-state index in [1.54, 1.807) is 24.5 Å². The fourth-order valence-corrected chi connectivity index (χ4v) is 2.23. The Hall–Kier alpha value is -1.42. The molecule has 92 valence electrons. The van der Waals surface area contributed by atoms with Gasteiger partial charge in [-0.25, -0.2) is 0 Å². The Morgan fingerprint density at radius 3 is 2.82 bits per heavy atom. The molecule has 0 radical (unpaired) electrons. The minimum absolute atomic E-state index is 0.118. The van der Waals surface area contributed by atoms with Gasteiger partial charge in [-0.3, -0.25) is 9.78 Å². The van der Waals surface area contributed by atoms with E-state index in [1.807, 2.05) is 4.90 Å². The fourth-order valence-electron chi connectivity index (χ4n) is 2.23. The van der Waals surface area contributed by atoms with E-state index in [4.69, 9.17) is 0 Å². The predicted molar refractivity (Wildman–Crippen MR) is 66.8 cm³/mol. The maximum atomic E-state index is 12.4. The average molecular weight is 233 g/mol. The molecule has 1 aromatic heterocycles. The minimum atomic E-state index is 0.118. The molecule has 1 saturated heterocycles. The number of rotatable bonds is 2. The van der Waals surface area contributed by atoms with Crippen LogP contribution in [0, 0.1) is 5.92 Å². The number of nitrogens with one attached hydrogen (secondary N) is 1. The van der Waals surface area contributed by atoms with Crippen LogP contribution in [0.4, 0.5) is 0 Å². The van der Waals surface area contributed by atoms with Gasteiger partial charge in [0.1, 0.15) is 0 Å². The molecule has 1 unspecified atom stereocenters. The van der Waals surface area contributed by atoms with Crippen molar-refractivity contribution in [2.24, 2.45) is 5.92 Å². The van der Waals surface area contributed by atoms with E-state index in [0.29, 0.717) is 5.92 Å². The second kappa shape index (κ2) is 5.27. The molecule has 2 heterocycles. The first-order chi connectivity index (χ1) is 8.20. The second-order valence-electron chi connectivity index (χ2n) is 4.75. The topological polar surface area (TPSA) is 45.2 Å². The predicted octanol–water partition coefficient (Wildman–Crippen LogP) is 1.15. The molecule has 2 rings (SSSR count). The molecule has 1 fully saturated rings. The summed E-state index contributed by atoms with van der Waals surface area (Å²) in [5, 5.41) is 3.35. The molecule has 17 heavy (non-hydrogen) atoms. The van der Waals surface area contributed by atoms with Crippen LogP contribution in [0.3, 0.4) is 0 Å². The third-order valence-corrected chi connectivity index (χ3v) is 3.24. The lowest BCUT2D eigenvalue weighted by atomic mass is 9.99. The maximum absolute atomic E-state index is 12.4. The van der Waals surface area contributed by atoms with Crippen LogP contribution < -0.4 is 5.32 Å². The number of aromatic nitrogens is 1. The highest BCUT2D eigenvalue weighted by atomic mass is 16.2. The number of carbonyl (C=O) groups excluding carboxylic acids is 1. The van der Waals surface area contributed by atoms with Crippen LogP contribution in [0.25, 0.3) is 0 Å². The molecule has 1 amide bonds. The molecule has 0 saturated carbocycles. The van der Waals surface area contributed by atoms with Crippen molar-refractivity contribution in [3.63, 3.8) is 0 Å². The molecule has 4 heteroatoms. The summed E-state index contributed by atoms with van der Waals surface area (Å²) in [4.78, 5) is 18.3. The first-order valence-corrected chi connectivity index (χ1v) is 6.12. The van der Waals surface area contributed by atoms with Crippen LogP contribution in [-0.4, -0.2) is 41.5 Å². The van der Waals surface area contributed by atoms with Crippen molar-refractivity contribution < 1.29 is 4.79 Å². The molecule has 1 aromatic rings. The summed E-state index contributed by atoms with van der Waals surface area (Å²) in [6, 6.07) is 3.84. The number of nitrogens with zero attached hydrogens (tertiary/aromatic N) is 2. The van der Waals surface area contributed by atoms with Crippen LogP contribution in [0.15, 0.2) is 24.5 Å². The Kier molecular flexibility index (Phi) is 3.74. The van der Waals surface area contributed by atoms with Crippen molar-refractivity contribution in [1.82, 2.24) is 15.2 Å². The zero-order valence-corrected chi connectivity index (χ0v) is 10.4. The Morgan fingerprint density at radius 1 is 1.47 bits per heavy atom. The van der Waals surface area contributed by atoms with Crippen LogP contribution in [0.1, 0.15) is 24.2 Å².